The van der Waals surface area contributed by atoms with Crippen molar-refractivity contribution in [2.24, 2.45) is 0 Å². The van der Waals surface area contributed by atoms with Crippen molar-refractivity contribution >= 4 is 6.29 Å². The number of aldehydes is 1. The molecule has 0 aliphatic carbocycles. The third-order valence-corrected chi connectivity index (χ3v) is 0.982. The van der Waals surface area contributed by atoms with Crippen molar-refractivity contribution in [2.75, 3.05) is 0 Å². The number of nitrogens with zero attached hydrogens (tertiary/aromatic N) is 1. The van der Waals surface area contributed by atoms with Crippen LogP contribution in [0.4, 0.5) is 0 Å². The molecular weight excluding hydrogens is 104 g/mol. The summed E-state index contributed by atoms with van der Waals surface area (Å²) in [5.41, 5.74) is 1.38. The molecule has 0 atom stereocenters. The number of aromatic amines is 1. The SMILES string of the molecule is Cc1c[nH]nc1C=O. The highest BCUT2D eigenvalue weighted by Gasteiger charge is 1.94. The van der Waals surface area contributed by atoms with Crippen molar-refractivity contribution in [3.63, 3.8) is 0 Å². The molecule has 0 aromatic carbocycles. The summed E-state index contributed by atoms with van der Waals surface area (Å²) >= 11 is 0. The topological polar surface area (TPSA) is 45.8 Å². The Hall–Kier alpha value is -1.12. The number of rotatable bonds is 1. The summed E-state index contributed by atoms with van der Waals surface area (Å²) in [6.45, 7) is 1.83. The fourth-order valence-corrected chi connectivity index (χ4v) is 0.480. The molecule has 1 aromatic heterocycles. The molecule has 1 N–H and O–H groups in total. The highest BCUT2D eigenvalue weighted by molar-refractivity contribution is 5.73. The van der Waals surface area contributed by atoms with E-state index in [4.69, 9.17) is 0 Å². The lowest BCUT2D eigenvalue weighted by Crippen LogP contribution is -1.80. The van der Waals surface area contributed by atoms with Crippen molar-refractivity contribution in [1.29, 1.82) is 0 Å². The lowest BCUT2D eigenvalue weighted by molar-refractivity contribution is 0.111. The molecule has 0 saturated heterocycles. The number of nitrogens with one attached hydrogen (secondary N) is 1. The maximum Gasteiger partial charge on any atom is 0.170 e. The van der Waals surface area contributed by atoms with Gasteiger partial charge in [0.2, 0.25) is 0 Å². The Balaban J connectivity index is 3.09. The molecule has 1 rings (SSSR count). The van der Waals surface area contributed by atoms with E-state index in [1.807, 2.05) is 6.92 Å². The van der Waals surface area contributed by atoms with Gasteiger partial charge in [0, 0.05) is 6.20 Å². The molecule has 3 heteroatoms. The molecule has 0 aliphatic rings. The van der Waals surface area contributed by atoms with Crippen LogP contribution in [-0.4, -0.2) is 16.5 Å². The van der Waals surface area contributed by atoms with E-state index in [2.05, 4.69) is 10.2 Å². The van der Waals surface area contributed by atoms with Crippen molar-refractivity contribution < 1.29 is 4.79 Å². The Kier molecular flexibility index (Phi) is 1.12. The molecule has 42 valence electrons. The number of carbonyl (C=O) groups is 1. The van der Waals surface area contributed by atoms with Crippen LogP contribution in [0.3, 0.4) is 0 Å². The molecule has 0 aliphatic heterocycles. The van der Waals surface area contributed by atoms with E-state index in [0.717, 1.165) is 11.8 Å². The number of aryl methyl sites for hydroxylation is 1. The van der Waals surface area contributed by atoms with Crippen LogP contribution in [0.25, 0.3) is 0 Å². The monoisotopic (exact) mass is 110 g/mol. The van der Waals surface area contributed by atoms with Crippen LogP contribution in [0.1, 0.15) is 16.1 Å². The minimum absolute atomic E-state index is 0.491. The van der Waals surface area contributed by atoms with Crippen LogP contribution in [0, 0.1) is 6.92 Å². The molecule has 0 unspecified atom stereocenters. The maximum atomic E-state index is 10.0. The quantitative estimate of drug-likeness (QED) is 0.536. The molecule has 0 amide bonds. The zero-order chi connectivity index (χ0) is 5.98. The summed E-state index contributed by atoms with van der Waals surface area (Å²) in [6.07, 6.45) is 2.41. The van der Waals surface area contributed by atoms with Gasteiger partial charge in [0.05, 0.1) is 0 Å². The molecule has 0 bridgehead atoms. The van der Waals surface area contributed by atoms with Gasteiger partial charge in [-0.2, -0.15) is 5.10 Å². The highest BCUT2D eigenvalue weighted by Crippen LogP contribution is 1.95. The van der Waals surface area contributed by atoms with E-state index in [0.29, 0.717) is 5.69 Å². The molecule has 3 nitrogen and oxygen atoms in total. The molecular formula is C5H6N2O. The predicted octanol–water partition coefficient (Wildman–Crippen LogP) is 0.531. The fraction of sp³-hybridized carbons (Fsp3) is 0.200. The van der Waals surface area contributed by atoms with E-state index in [1.165, 1.54) is 0 Å². The van der Waals surface area contributed by atoms with Crippen LogP contribution in [0.2, 0.25) is 0 Å². The normalized spacial score (nSPS) is 9.12. The first-order valence-electron chi connectivity index (χ1n) is 2.30. The summed E-state index contributed by atoms with van der Waals surface area (Å²) in [5.74, 6) is 0. The smallest absolute Gasteiger partial charge is 0.170 e. The van der Waals surface area contributed by atoms with Crippen LogP contribution in [-0.2, 0) is 0 Å². The minimum atomic E-state index is 0.491. The Morgan fingerprint density at radius 1 is 1.88 bits per heavy atom. The predicted molar refractivity (Wildman–Crippen MR) is 28.7 cm³/mol. The van der Waals surface area contributed by atoms with Gasteiger partial charge in [0.25, 0.3) is 0 Å². The summed E-state index contributed by atoms with van der Waals surface area (Å²) in [7, 11) is 0. The first-order chi connectivity index (χ1) is 3.84. The highest BCUT2D eigenvalue weighted by atomic mass is 16.1. The zero-order valence-electron chi connectivity index (χ0n) is 4.51. The molecule has 0 spiro atoms. The third-order valence-electron chi connectivity index (χ3n) is 0.982. The Morgan fingerprint density at radius 2 is 2.62 bits per heavy atom. The van der Waals surface area contributed by atoms with E-state index in [1.54, 1.807) is 6.20 Å². The van der Waals surface area contributed by atoms with Gasteiger partial charge in [0.1, 0.15) is 5.69 Å². The molecule has 0 radical (unpaired) electrons. The van der Waals surface area contributed by atoms with Crippen molar-refractivity contribution in [1.82, 2.24) is 10.2 Å². The van der Waals surface area contributed by atoms with Crippen molar-refractivity contribution in [3.05, 3.63) is 17.5 Å². The Morgan fingerprint density at radius 3 is 2.88 bits per heavy atom. The number of aromatic nitrogens is 2. The van der Waals surface area contributed by atoms with Crippen molar-refractivity contribution in [3.8, 4) is 0 Å². The third kappa shape index (κ3) is 0.621. The van der Waals surface area contributed by atoms with Gasteiger partial charge in [-0.15, -0.1) is 0 Å². The Labute approximate surface area is 46.7 Å². The number of H-pyrrole nitrogens is 1. The zero-order valence-corrected chi connectivity index (χ0v) is 4.51. The van der Waals surface area contributed by atoms with E-state index >= 15 is 0 Å². The minimum Gasteiger partial charge on any atom is -0.296 e. The molecule has 1 heterocycles. The van der Waals surface area contributed by atoms with Crippen LogP contribution < -0.4 is 0 Å². The lowest BCUT2D eigenvalue weighted by atomic mass is 10.3. The van der Waals surface area contributed by atoms with Crippen LogP contribution in [0.5, 0.6) is 0 Å². The van der Waals surface area contributed by atoms with Gasteiger partial charge < -0.3 is 0 Å². The number of hydrogen-bond donors (Lipinski definition) is 1. The standard InChI is InChI=1S/C5H6N2O/c1-4-2-6-7-5(4)3-8/h2-3H,1H3,(H,6,7). The molecule has 1 aromatic rings. The van der Waals surface area contributed by atoms with Crippen LogP contribution >= 0.6 is 0 Å². The molecule has 0 fully saturated rings. The second kappa shape index (κ2) is 1.78. The van der Waals surface area contributed by atoms with Crippen LogP contribution in [0.15, 0.2) is 6.20 Å². The number of hydrogen-bond acceptors (Lipinski definition) is 2. The molecule has 8 heavy (non-hydrogen) atoms. The molecule has 0 saturated carbocycles. The average Bonchev–Trinajstić information content (AvgIpc) is 2.14. The van der Waals surface area contributed by atoms with Gasteiger partial charge in [-0.1, -0.05) is 0 Å². The first kappa shape index (κ1) is 5.03. The van der Waals surface area contributed by atoms with Crippen molar-refractivity contribution in [2.45, 2.75) is 6.92 Å². The Bertz CT molecular complexity index is 192. The maximum absolute atomic E-state index is 10.0. The van der Waals surface area contributed by atoms with E-state index in [-0.39, 0.29) is 0 Å². The fourth-order valence-electron chi connectivity index (χ4n) is 0.480. The average molecular weight is 110 g/mol. The second-order valence-corrected chi connectivity index (χ2v) is 1.57. The summed E-state index contributed by atoms with van der Waals surface area (Å²) < 4.78 is 0. The number of carbonyl (C=O) groups excluding carboxylic acids is 1. The van der Waals surface area contributed by atoms with Gasteiger partial charge >= 0.3 is 0 Å². The van der Waals surface area contributed by atoms with E-state index < -0.39 is 0 Å². The van der Waals surface area contributed by atoms with Gasteiger partial charge in [-0.25, -0.2) is 0 Å². The van der Waals surface area contributed by atoms with Gasteiger partial charge in [0.15, 0.2) is 6.29 Å². The first-order valence-corrected chi connectivity index (χ1v) is 2.30. The largest absolute Gasteiger partial charge is 0.296 e. The summed E-state index contributed by atoms with van der Waals surface area (Å²) in [4.78, 5) is 10.0. The summed E-state index contributed by atoms with van der Waals surface area (Å²) in [6, 6.07) is 0. The summed E-state index contributed by atoms with van der Waals surface area (Å²) in [5, 5.41) is 6.21. The lowest BCUT2D eigenvalue weighted by Gasteiger charge is -1.76. The van der Waals surface area contributed by atoms with Gasteiger partial charge in [-0.3, -0.25) is 9.89 Å². The second-order valence-electron chi connectivity index (χ2n) is 1.57. The van der Waals surface area contributed by atoms with E-state index in [9.17, 15) is 4.79 Å². The van der Waals surface area contributed by atoms with Gasteiger partial charge in [-0.05, 0) is 12.5 Å².